The summed E-state index contributed by atoms with van der Waals surface area (Å²) >= 11 is 5.80. The van der Waals surface area contributed by atoms with E-state index < -0.39 is 0 Å². The van der Waals surface area contributed by atoms with Crippen LogP contribution in [0.15, 0.2) is 0 Å². The number of methoxy groups -OCH3 is 2. The summed E-state index contributed by atoms with van der Waals surface area (Å²) in [6.45, 7) is 4.66. The van der Waals surface area contributed by atoms with Crippen LogP contribution >= 0.6 is 11.6 Å². The van der Waals surface area contributed by atoms with Gasteiger partial charge in [-0.15, -0.1) is 16.6 Å². The monoisotopic (exact) mass is 301 g/mol. The summed E-state index contributed by atoms with van der Waals surface area (Å²) in [6.07, 6.45) is 1.05. The fraction of sp³-hybridized carbons (Fsp3) is 0.750. The van der Waals surface area contributed by atoms with Gasteiger partial charge in [0.15, 0.2) is 0 Å². The Kier molecular flexibility index (Phi) is 5.60. The number of alkyl halides is 1. The average Bonchev–Trinajstić information content (AvgIpc) is 2.73. The first-order valence-corrected chi connectivity index (χ1v) is 7.17. The maximum Gasteiger partial charge on any atom is 0.324 e. The third-order valence-electron chi connectivity index (χ3n) is 3.22. The van der Waals surface area contributed by atoms with Crippen LogP contribution < -0.4 is 14.4 Å². The normalized spacial score (nSPS) is 16.9. The van der Waals surface area contributed by atoms with Gasteiger partial charge in [0.05, 0.1) is 14.2 Å². The second-order valence-electron chi connectivity index (χ2n) is 4.48. The van der Waals surface area contributed by atoms with Crippen molar-refractivity contribution in [3.05, 3.63) is 0 Å². The molecule has 0 spiro atoms. The zero-order valence-electron chi connectivity index (χ0n) is 11.9. The third-order valence-corrected chi connectivity index (χ3v) is 3.39. The lowest BCUT2D eigenvalue weighted by atomic mass is 10.4. The maximum absolute atomic E-state index is 5.80. The van der Waals surface area contributed by atoms with Gasteiger partial charge < -0.3 is 19.3 Å². The van der Waals surface area contributed by atoms with Crippen molar-refractivity contribution in [2.75, 3.05) is 57.7 Å². The SMILES string of the molecule is COc1nc(OC)nc(N2CCCN(CCCl)CC2)n1. The van der Waals surface area contributed by atoms with E-state index in [0.717, 1.165) is 39.1 Å². The largest absolute Gasteiger partial charge is 0.467 e. The van der Waals surface area contributed by atoms with Crippen molar-refractivity contribution >= 4 is 17.5 Å². The number of rotatable bonds is 5. The Labute approximate surface area is 123 Å². The van der Waals surface area contributed by atoms with E-state index in [0.29, 0.717) is 11.8 Å². The Morgan fingerprint density at radius 1 is 1.00 bits per heavy atom. The van der Waals surface area contributed by atoms with E-state index in [1.807, 2.05) is 0 Å². The molecule has 0 aliphatic carbocycles. The van der Waals surface area contributed by atoms with Crippen LogP contribution in [-0.4, -0.2) is 72.7 Å². The van der Waals surface area contributed by atoms with Crippen LogP contribution in [0.4, 0.5) is 5.95 Å². The summed E-state index contributed by atoms with van der Waals surface area (Å²) in [4.78, 5) is 17.1. The molecule has 0 amide bonds. The van der Waals surface area contributed by atoms with Gasteiger partial charge in [-0.25, -0.2) is 0 Å². The van der Waals surface area contributed by atoms with Crippen molar-refractivity contribution in [1.82, 2.24) is 19.9 Å². The highest BCUT2D eigenvalue weighted by Crippen LogP contribution is 2.17. The van der Waals surface area contributed by atoms with Crippen LogP contribution in [0, 0.1) is 0 Å². The molecule has 1 aliphatic rings. The number of ether oxygens (including phenoxy) is 2. The van der Waals surface area contributed by atoms with Crippen LogP contribution in [0.2, 0.25) is 0 Å². The fourth-order valence-corrected chi connectivity index (χ4v) is 2.40. The lowest BCUT2D eigenvalue weighted by Crippen LogP contribution is -2.32. The minimum absolute atomic E-state index is 0.272. The van der Waals surface area contributed by atoms with E-state index in [9.17, 15) is 0 Å². The molecule has 0 saturated carbocycles. The summed E-state index contributed by atoms with van der Waals surface area (Å²) in [5, 5.41) is 0. The number of aromatic nitrogens is 3. The molecule has 2 rings (SSSR count). The van der Waals surface area contributed by atoms with Crippen LogP contribution in [-0.2, 0) is 0 Å². The number of anilines is 1. The number of hydrogen-bond acceptors (Lipinski definition) is 7. The summed E-state index contributed by atoms with van der Waals surface area (Å²) in [5.41, 5.74) is 0. The van der Waals surface area contributed by atoms with Crippen molar-refractivity contribution in [3.63, 3.8) is 0 Å². The van der Waals surface area contributed by atoms with Crippen LogP contribution in [0.3, 0.4) is 0 Å². The molecule has 0 bridgehead atoms. The maximum atomic E-state index is 5.80. The highest BCUT2D eigenvalue weighted by Gasteiger charge is 2.18. The average molecular weight is 302 g/mol. The first-order valence-electron chi connectivity index (χ1n) is 6.64. The zero-order valence-corrected chi connectivity index (χ0v) is 12.6. The number of nitrogens with zero attached hydrogens (tertiary/aromatic N) is 5. The van der Waals surface area contributed by atoms with E-state index in [-0.39, 0.29) is 12.0 Å². The summed E-state index contributed by atoms with van der Waals surface area (Å²) in [5.74, 6) is 1.26. The first-order chi connectivity index (χ1) is 9.76. The highest BCUT2D eigenvalue weighted by molar-refractivity contribution is 6.18. The van der Waals surface area contributed by atoms with Gasteiger partial charge >= 0.3 is 12.0 Å². The van der Waals surface area contributed by atoms with Gasteiger partial charge in [-0.3, -0.25) is 0 Å². The third kappa shape index (κ3) is 3.83. The standard InChI is InChI=1S/C12H20ClN5O2/c1-19-11-14-10(15-12(16-11)20-2)18-6-3-5-17(7-4-13)8-9-18/h3-9H2,1-2H3. The van der Waals surface area contributed by atoms with Crippen LogP contribution in [0.1, 0.15) is 6.42 Å². The molecular formula is C12H20ClN5O2. The quantitative estimate of drug-likeness (QED) is 0.740. The summed E-state index contributed by atoms with van der Waals surface area (Å²) in [7, 11) is 3.06. The Bertz CT molecular complexity index is 412. The van der Waals surface area contributed by atoms with E-state index in [4.69, 9.17) is 21.1 Å². The molecule has 7 nitrogen and oxygen atoms in total. The molecule has 1 aliphatic heterocycles. The Balaban J connectivity index is 2.10. The Morgan fingerprint density at radius 3 is 2.30 bits per heavy atom. The molecule has 112 valence electrons. The Hall–Kier alpha value is -1.34. The summed E-state index contributed by atoms with van der Waals surface area (Å²) < 4.78 is 10.2. The molecule has 20 heavy (non-hydrogen) atoms. The molecule has 0 unspecified atom stereocenters. The summed E-state index contributed by atoms with van der Waals surface area (Å²) in [6, 6.07) is 0.544. The second-order valence-corrected chi connectivity index (χ2v) is 4.86. The molecular weight excluding hydrogens is 282 g/mol. The van der Waals surface area contributed by atoms with Gasteiger partial charge in [0, 0.05) is 32.1 Å². The zero-order chi connectivity index (χ0) is 14.4. The lowest BCUT2D eigenvalue weighted by molar-refractivity contribution is 0.311. The van der Waals surface area contributed by atoms with Crippen molar-refractivity contribution < 1.29 is 9.47 Å². The lowest BCUT2D eigenvalue weighted by Gasteiger charge is -2.21. The van der Waals surface area contributed by atoms with Crippen LogP contribution in [0.25, 0.3) is 0 Å². The van der Waals surface area contributed by atoms with Gasteiger partial charge in [-0.1, -0.05) is 0 Å². The Morgan fingerprint density at radius 2 is 1.70 bits per heavy atom. The van der Waals surface area contributed by atoms with Crippen molar-refractivity contribution in [3.8, 4) is 12.0 Å². The molecule has 2 heterocycles. The fourth-order valence-electron chi connectivity index (χ4n) is 2.17. The van der Waals surface area contributed by atoms with Gasteiger partial charge in [-0.2, -0.15) is 9.97 Å². The predicted molar refractivity (Wildman–Crippen MR) is 76.9 cm³/mol. The molecule has 0 N–H and O–H groups in total. The molecule has 0 radical (unpaired) electrons. The van der Waals surface area contributed by atoms with Crippen molar-refractivity contribution in [2.24, 2.45) is 0 Å². The van der Waals surface area contributed by atoms with E-state index >= 15 is 0 Å². The number of hydrogen-bond donors (Lipinski definition) is 0. The van der Waals surface area contributed by atoms with E-state index in [1.165, 1.54) is 14.2 Å². The molecule has 1 aromatic rings. The second kappa shape index (κ2) is 7.44. The van der Waals surface area contributed by atoms with Gasteiger partial charge in [-0.05, 0) is 13.0 Å². The van der Waals surface area contributed by atoms with E-state index in [1.54, 1.807) is 0 Å². The predicted octanol–water partition coefficient (Wildman–Crippen LogP) is 0.640. The molecule has 1 aromatic heterocycles. The topological polar surface area (TPSA) is 63.6 Å². The molecule has 0 aromatic carbocycles. The van der Waals surface area contributed by atoms with Crippen LogP contribution in [0.5, 0.6) is 12.0 Å². The van der Waals surface area contributed by atoms with Gasteiger partial charge in [0.1, 0.15) is 0 Å². The van der Waals surface area contributed by atoms with Crippen molar-refractivity contribution in [1.29, 1.82) is 0 Å². The van der Waals surface area contributed by atoms with E-state index in [2.05, 4.69) is 24.8 Å². The molecule has 1 saturated heterocycles. The van der Waals surface area contributed by atoms with Gasteiger partial charge in [0.25, 0.3) is 0 Å². The minimum Gasteiger partial charge on any atom is -0.467 e. The van der Waals surface area contributed by atoms with Crippen molar-refractivity contribution in [2.45, 2.75) is 6.42 Å². The highest BCUT2D eigenvalue weighted by atomic mass is 35.5. The molecule has 0 atom stereocenters. The van der Waals surface area contributed by atoms with Gasteiger partial charge in [0.2, 0.25) is 5.95 Å². The minimum atomic E-state index is 0.272. The first kappa shape index (κ1) is 15.1. The molecule has 1 fully saturated rings. The number of halogens is 1. The smallest absolute Gasteiger partial charge is 0.324 e. The molecule has 8 heteroatoms.